The number of ether oxygens (including phenoxy) is 2. The molecule has 0 aliphatic carbocycles. The van der Waals surface area contributed by atoms with Crippen LogP contribution >= 0.6 is 0 Å². The molecule has 96 valence electrons. The molecule has 0 aromatic rings. The van der Waals surface area contributed by atoms with Gasteiger partial charge in [-0.15, -0.1) is 0 Å². The number of nitrogens with zero attached hydrogens (tertiary/aromatic N) is 1. The Labute approximate surface area is 99.1 Å². The van der Waals surface area contributed by atoms with Crippen molar-refractivity contribution in [1.82, 2.24) is 4.90 Å². The summed E-state index contributed by atoms with van der Waals surface area (Å²) in [7, 11) is 0. The van der Waals surface area contributed by atoms with Crippen molar-refractivity contribution in [2.24, 2.45) is 5.73 Å². The Balaban J connectivity index is 2.37. The van der Waals surface area contributed by atoms with Crippen LogP contribution in [0, 0.1) is 0 Å². The van der Waals surface area contributed by atoms with E-state index in [1.54, 1.807) is 0 Å². The van der Waals surface area contributed by atoms with E-state index in [4.69, 9.17) is 15.2 Å². The number of piperidine rings is 1. The number of hydrogen-bond donors (Lipinski definition) is 1. The van der Waals surface area contributed by atoms with Gasteiger partial charge in [0.1, 0.15) is 0 Å². The van der Waals surface area contributed by atoms with Crippen LogP contribution in [0.5, 0.6) is 0 Å². The summed E-state index contributed by atoms with van der Waals surface area (Å²) >= 11 is 0. The van der Waals surface area contributed by atoms with E-state index >= 15 is 0 Å². The maximum atomic E-state index is 5.95. The number of hydrogen-bond acceptors (Lipinski definition) is 4. The molecule has 1 saturated heterocycles. The van der Waals surface area contributed by atoms with Gasteiger partial charge in [0.05, 0.1) is 0 Å². The lowest BCUT2D eigenvalue weighted by Gasteiger charge is -2.37. The van der Waals surface area contributed by atoms with E-state index in [0.717, 1.165) is 25.9 Å². The summed E-state index contributed by atoms with van der Waals surface area (Å²) in [6, 6.07) is 0.899. The van der Waals surface area contributed by atoms with Crippen LogP contribution in [0.3, 0.4) is 0 Å². The van der Waals surface area contributed by atoms with Crippen molar-refractivity contribution in [2.75, 3.05) is 26.3 Å². The van der Waals surface area contributed by atoms with Crippen LogP contribution < -0.4 is 5.73 Å². The topological polar surface area (TPSA) is 47.7 Å². The maximum Gasteiger partial charge on any atom is 0.170 e. The normalized spacial score (nSPS) is 27.6. The largest absolute Gasteiger partial charge is 0.352 e. The summed E-state index contributed by atoms with van der Waals surface area (Å²) in [4.78, 5) is 2.42. The monoisotopic (exact) mass is 230 g/mol. The molecule has 2 unspecified atom stereocenters. The lowest BCUT2D eigenvalue weighted by atomic mass is 9.99. The summed E-state index contributed by atoms with van der Waals surface area (Å²) in [5.41, 5.74) is 5.95. The molecule has 4 heteroatoms. The molecule has 0 aromatic carbocycles. The highest BCUT2D eigenvalue weighted by Crippen LogP contribution is 2.16. The van der Waals surface area contributed by atoms with Gasteiger partial charge in [-0.2, -0.15) is 0 Å². The average Bonchev–Trinajstić information content (AvgIpc) is 2.23. The minimum Gasteiger partial charge on any atom is -0.352 e. The summed E-state index contributed by atoms with van der Waals surface area (Å²) in [6.07, 6.45) is 2.06. The standard InChI is InChI=1S/C12H26N2O2/c1-4-15-12(16-5-2)9-14-7-6-11(13)8-10(14)3/h10-12H,4-9,13H2,1-3H3. The minimum absolute atomic E-state index is 0.0909. The zero-order chi connectivity index (χ0) is 12.0. The minimum atomic E-state index is -0.0909. The fourth-order valence-electron chi connectivity index (χ4n) is 2.25. The zero-order valence-corrected chi connectivity index (χ0v) is 10.8. The van der Waals surface area contributed by atoms with Crippen molar-refractivity contribution < 1.29 is 9.47 Å². The molecule has 2 N–H and O–H groups in total. The third kappa shape index (κ3) is 4.37. The Bertz CT molecular complexity index is 184. The van der Waals surface area contributed by atoms with E-state index in [9.17, 15) is 0 Å². The van der Waals surface area contributed by atoms with Gasteiger partial charge >= 0.3 is 0 Å². The van der Waals surface area contributed by atoms with Crippen LogP contribution in [0.1, 0.15) is 33.6 Å². The molecule has 0 amide bonds. The first-order valence-electron chi connectivity index (χ1n) is 6.40. The molecule has 0 spiro atoms. The third-order valence-electron chi connectivity index (χ3n) is 3.14. The van der Waals surface area contributed by atoms with Crippen molar-refractivity contribution in [3.63, 3.8) is 0 Å². The second-order valence-corrected chi connectivity index (χ2v) is 4.47. The molecule has 4 nitrogen and oxygen atoms in total. The Morgan fingerprint density at radius 3 is 2.44 bits per heavy atom. The van der Waals surface area contributed by atoms with E-state index in [-0.39, 0.29) is 6.29 Å². The van der Waals surface area contributed by atoms with Crippen molar-refractivity contribution in [1.29, 1.82) is 0 Å². The number of nitrogens with two attached hydrogens (primary N) is 1. The Kier molecular flexibility index (Phi) is 6.28. The maximum absolute atomic E-state index is 5.95. The van der Waals surface area contributed by atoms with Crippen LogP contribution in [-0.4, -0.2) is 49.6 Å². The zero-order valence-electron chi connectivity index (χ0n) is 10.8. The molecule has 2 atom stereocenters. The molecule has 0 saturated carbocycles. The van der Waals surface area contributed by atoms with Gasteiger partial charge in [-0.25, -0.2) is 0 Å². The first-order chi connectivity index (χ1) is 7.67. The lowest BCUT2D eigenvalue weighted by molar-refractivity contribution is -0.152. The van der Waals surface area contributed by atoms with E-state index in [0.29, 0.717) is 25.3 Å². The van der Waals surface area contributed by atoms with Gasteiger partial charge in [0.15, 0.2) is 6.29 Å². The molecule has 1 fully saturated rings. The van der Waals surface area contributed by atoms with Gasteiger partial charge in [0.25, 0.3) is 0 Å². The van der Waals surface area contributed by atoms with E-state index in [1.807, 2.05) is 13.8 Å². The van der Waals surface area contributed by atoms with E-state index in [2.05, 4.69) is 11.8 Å². The van der Waals surface area contributed by atoms with E-state index < -0.39 is 0 Å². The second-order valence-electron chi connectivity index (χ2n) is 4.47. The molecule has 16 heavy (non-hydrogen) atoms. The van der Waals surface area contributed by atoms with Crippen LogP contribution in [-0.2, 0) is 9.47 Å². The van der Waals surface area contributed by atoms with Crippen molar-refractivity contribution in [3.8, 4) is 0 Å². The van der Waals surface area contributed by atoms with Gasteiger partial charge in [0, 0.05) is 38.4 Å². The highest BCUT2D eigenvalue weighted by Gasteiger charge is 2.25. The Morgan fingerprint density at radius 2 is 1.94 bits per heavy atom. The molecule has 0 aromatic heterocycles. The highest BCUT2D eigenvalue weighted by molar-refractivity contribution is 4.81. The van der Waals surface area contributed by atoms with Gasteiger partial charge in [-0.3, -0.25) is 4.90 Å². The highest BCUT2D eigenvalue weighted by atomic mass is 16.7. The Hall–Kier alpha value is -0.160. The Morgan fingerprint density at radius 1 is 1.31 bits per heavy atom. The molecule has 1 aliphatic rings. The van der Waals surface area contributed by atoms with Gasteiger partial charge in [-0.05, 0) is 33.6 Å². The fourth-order valence-corrected chi connectivity index (χ4v) is 2.25. The molecule has 1 rings (SSSR count). The van der Waals surface area contributed by atoms with E-state index in [1.165, 1.54) is 0 Å². The van der Waals surface area contributed by atoms with Gasteiger partial charge in [-0.1, -0.05) is 0 Å². The smallest absolute Gasteiger partial charge is 0.170 e. The van der Waals surface area contributed by atoms with Gasteiger partial charge < -0.3 is 15.2 Å². The average molecular weight is 230 g/mol. The van der Waals surface area contributed by atoms with Crippen LogP contribution in [0.25, 0.3) is 0 Å². The van der Waals surface area contributed by atoms with Crippen molar-refractivity contribution >= 4 is 0 Å². The molecular formula is C12H26N2O2. The van der Waals surface area contributed by atoms with Crippen LogP contribution in [0.4, 0.5) is 0 Å². The third-order valence-corrected chi connectivity index (χ3v) is 3.14. The first kappa shape index (κ1) is 13.9. The summed E-state index contributed by atoms with van der Waals surface area (Å²) in [5.74, 6) is 0. The van der Waals surface area contributed by atoms with Crippen molar-refractivity contribution in [2.45, 2.75) is 52.0 Å². The summed E-state index contributed by atoms with van der Waals surface area (Å²) in [5, 5.41) is 0. The summed E-state index contributed by atoms with van der Waals surface area (Å²) < 4.78 is 11.1. The predicted molar refractivity (Wildman–Crippen MR) is 65.3 cm³/mol. The first-order valence-corrected chi connectivity index (χ1v) is 6.40. The van der Waals surface area contributed by atoms with Crippen molar-refractivity contribution in [3.05, 3.63) is 0 Å². The molecule has 0 bridgehead atoms. The molecule has 1 aliphatic heterocycles. The summed E-state index contributed by atoms with van der Waals surface area (Å²) in [6.45, 7) is 9.55. The molecule has 1 heterocycles. The predicted octanol–water partition coefficient (Wildman–Crippen LogP) is 1.20. The lowest BCUT2D eigenvalue weighted by Crippen LogP contribution is -2.49. The quantitative estimate of drug-likeness (QED) is 0.697. The fraction of sp³-hybridized carbons (Fsp3) is 1.00. The van der Waals surface area contributed by atoms with Crippen LogP contribution in [0.15, 0.2) is 0 Å². The van der Waals surface area contributed by atoms with Gasteiger partial charge in [0.2, 0.25) is 0 Å². The number of rotatable bonds is 6. The second kappa shape index (κ2) is 7.22. The SMILES string of the molecule is CCOC(CN1CCC(N)CC1C)OCC. The van der Waals surface area contributed by atoms with Crippen LogP contribution in [0.2, 0.25) is 0 Å². The molecular weight excluding hydrogens is 204 g/mol. The molecule has 0 radical (unpaired) electrons. The number of likely N-dealkylation sites (tertiary alicyclic amines) is 1.